The van der Waals surface area contributed by atoms with Gasteiger partial charge in [-0.15, -0.1) is 0 Å². The van der Waals surface area contributed by atoms with Gasteiger partial charge in [-0.1, -0.05) is 23.7 Å². The number of benzene rings is 1. The molecule has 0 aliphatic rings. The largest absolute Gasteiger partial charge is 0.496 e. The van der Waals surface area contributed by atoms with Crippen LogP contribution in [0.4, 0.5) is 5.69 Å². The molecule has 0 spiro atoms. The van der Waals surface area contributed by atoms with Crippen LogP contribution in [0.2, 0.25) is 5.15 Å². The minimum absolute atomic E-state index is 0.466. The average Bonchev–Trinajstić information content (AvgIpc) is 2.40. The first kappa shape index (κ1) is 14.2. The molecule has 19 heavy (non-hydrogen) atoms. The Hall–Kier alpha value is -1.26. The second-order valence-electron chi connectivity index (χ2n) is 4.15. The molecule has 3 nitrogen and oxygen atoms in total. The van der Waals surface area contributed by atoms with Gasteiger partial charge in [0.15, 0.2) is 5.15 Å². The van der Waals surface area contributed by atoms with Gasteiger partial charge in [0.05, 0.1) is 12.8 Å². The molecule has 0 aliphatic carbocycles. The highest BCUT2D eigenvalue weighted by Crippen LogP contribution is 2.24. The number of hydrogen-bond donors (Lipinski definition) is 1. The number of rotatable bonds is 4. The predicted molar refractivity (Wildman–Crippen MR) is 82.0 cm³/mol. The van der Waals surface area contributed by atoms with Crippen LogP contribution in [0.3, 0.4) is 0 Å². The molecule has 0 atom stereocenters. The summed E-state index contributed by atoms with van der Waals surface area (Å²) in [5.41, 5.74) is 3.08. The molecule has 0 amide bonds. The first-order valence-electron chi connectivity index (χ1n) is 5.78. The Morgan fingerprint density at radius 3 is 2.84 bits per heavy atom. The molecule has 0 aliphatic heterocycles. The molecule has 0 saturated heterocycles. The summed E-state index contributed by atoms with van der Waals surface area (Å²) in [4.78, 5) is 4.07. The van der Waals surface area contributed by atoms with Crippen molar-refractivity contribution >= 4 is 33.2 Å². The number of nitrogens with one attached hydrogen (secondary N) is 1. The molecule has 1 heterocycles. The third-order valence-corrected chi connectivity index (χ3v) is 3.48. The summed E-state index contributed by atoms with van der Waals surface area (Å²) in [7, 11) is 1.67. The monoisotopic (exact) mass is 340 g/mol. The highest BCUT2D eigenvalue weighted by molar-refractivity contribution is 9.10. The fourth-order valence-corrected chi connectivity index (χ4v) is 2.30. The van der Waals surface area contributed by atoms with Crippen molar-refractivity contribution in [1.82, 2.24) is 4.98 Å². The Morgan fingerprint density at radius 2 is 2.16 bits per heavy atom. The van der Waals surface area contributed by atoms with Crippen molar-refractivity contribution < 1.29 is 4.74 Å². The minimum atomic E-state index is 0.466. The van der Waals surface area contributed by atoms with E-state index in [0.29, 0.717) is 11.7 Å². The predicted octanol–water partition coefficient (Wildman–Crippen LogP) is 4.43. The summed E-state index contributed by atoms with van der Waals surface area (Å²) < 4.78 is 6.13. The molecule has 0 radical (unpaired) electrons. The van der Waals surface area contributed by atoms with Crippen LogP contribution in [-0.4, -0.2) is 12.1 Å². The maximum Gasteiger partial charge on any atom is 0.152 e. The molecule has 5 heteroatoms. The van der Waals surface area contributed by atoms with Gasteiger partial charge < -0.3 is 10.1 Å². The van der Waals surface area contributed by atoms with Gasteiger partial charge in [0.25, 0.3) is 0 Å². The van der Waals surface area contributed by atoms with Crippen LogP contribution in [0.5, 0.6) is 5.75 Å². The lowest BCUT2D eigenvalue weighted by atomic mass is 10.1. The molecule has 1 aromatic carbocycles. The van der Waals surface area contributed by atoms with Crippen molar-refractivity contribution in [2.75, 3.05) is 12.4 Å². The molecule has 100 valence electrons. The van der Waals surface area contributed by atoms with E-state index in [4.69, 9.17) is 16.3 Å². The van der Waals surface area contributed by atoms with E-state index in [1.165, 1.54) is 0 Å². The van der Waals surface area contributed by atoms with Gasteiger partial charge in [0.2, 0.25) is 0 Å². The van der Waals surface area contributed by atoms with Crippen molar-refractivity contribution in [3.63, 3.8) is 0 Å². The van der Waals surface area contributed by atoms with Gasteiger partial charge in [-0.2, -0.15) is 0 Å². The Labute approximate surface area is 126 Å². The number of pyridine rings is 1. The fraction of sp³-hybridized carbons (Fsp3) is 0.214. The van der Waals surface area contributed by atoms with E-state index in [2.05, 4.69) is 32.3 Å². The zero-order valence-corrected chi connectivity index (χ0v) is 13.0. The van der Waals surface area contributed by atoms with Gasteiger partial charge >= 0.3 is 0 Å². The molecular formula is C14H14BrClN2O. The van der Waals surface area contributed by atoms with Crippen LogP contribution < -0.4 is 10.1 Å². The summed E-state index contributed by atoms with van der Waals surface area (Å²) in [6, 6.07) is 7.99. The van der Waals surface area contributed by atoms with Crippen molar-refractivity contribution in [3.05, 3.63) is 51.2 Å². The first-order valence-corrected chi connectivity index (χ1v) is 6.95. The average molecular weight is 342 g/mol. The highest BCUT2D eigenvalue weighted by Gasteiger charge is 2.04. The second-order valence-corrected chi connectivity index (χ2v) is 5.42. The number of ether oxygens (including phenoxy) is 1. The van der Waals surface area contributed by atoms with Crippen molar-refractivity contribution in [1.29, 1.82) is 0 Å². The van der Waals surface area contributed by atoms with Gasteiger partial charge in [0.1, 0.15) is 5.75 Å². The van der Waals surface area contributed by atoms with E-state index in [1.54, 1.807) is 13.3 Å². The molecule has 0 fully saturated rings. The Morgan fingerprint density at radius 1 is 1.37 bits per heavy atom. The summed E-state index contributed by atoms with van der Waals surface area (Å²) in [6.45, 7) is 2.71. The number of anilines is 1. The molecule has 2 aromatic rings. The van der Waals surface area contributed by atoms with E-state index < -0.39 is 0 Å². The van der Waals surface area contributed by atoms with E-state index in [9.17, 15) is 0 Å². The molecule has 1 N–H and O–H groups in total. The van der Waals surface area contributed by atoms with E-state index in [1.807, 2.05) is 25.1 Å². The number of aryl methyl sites for hydroxylation is 1. The third-order valence-electron chi connectivity index (χ3n) is 2.75. The van der Waals surface area contributed by atoms with Gasteiger partial charge in [-0.25, -0.2) is 4.98 Å². The lowest BCUT2D eigenvalue weighted by Crippen LogP contribution is -2.01. The Bertz CT molecular complexity index is 590. The van der Waals surface area contributed by atoms with Crippen LogP contribution in [0.15, 0.2) is 34.9 Å². The molecular weight excluding hydrogens is 328 g/mol. The Balaban J connectivity index is 2.10. The lowest BCUT2D eigenvalue weighted by molar-refractivity contribution is 0.411. The fourth-order valence-electron chi connectivity index (χ4n) is 1.79. The van der Waals surface area contributed by atoms with Crippen LogP contribution in [-0.2, 0) is 6.54 Å². The molecule has 1 aromatic heterocycles. The zero-order valence-electron chi connectivity index (χ0n) is 10.7. The van der Waals surface area contributed by atoms with Crippen LogP contribution in [0.25, 0.3) is 0 Å². The van der Waals surface area contributed by atoms with Crippen molar-refractivity contribution in [2.24, 2.45) is 0 Å². The van der Waals surface area contributed by atoms with E-state index in [0.717, 1.165) is 27.0 Å². The number of halogens is 2. The van der Waals surface area contributed by atoms with Crippen LogP contribution >= 0.6 is 27.5 Å². The summed E-state index contributed by atoms with van der Waals surface area (Å²) in [5, 5.41) is 3.74. The summed E-state index contributed by atoms with van der Waals surface area (Å²) in [6.07, 6.45) is 1.67. The van der Waals surface area contributed by atoms with E-state index >= 15 is 0 Å². The van der Waals surface area contributed by atoms with E-state index in [-0.39, 0.29) is 0 Å². The minimum Gasteiger partial charge on any atom is -0.496 e. The van der Waals surface area contributed by atoms with Gasteiger partial charge in [-0.05, 0) is 46.1 Å². The second kappa shape index (κ2) is 6.26. The first-order chi connectivity index (χ1) is 9.10. The summed E-state index contributed by atoms with van der Waals surface area (Å²) in [5.74, 6) is 0.894. The molecule has 0 bridgehead atoms. The van der Waals surface area contributed by atoms with Crippen molar-refractivity contribution in [3.8, 4) is 5.75 Å². The molecule has 0 unspecified atom stereocenters. The number of hydrogen-bond acceptors (Lipinski definition) is 3. The number of methoxy groups -OCH3 is 1. The van der Waals surface area contributed by atoms with Crippen LogP contribution in [0, 0.1) is 6.92 Å². The Kier molecular flexibility index (Phi) is 4.66. The lowest BCUT2D eigenvalue weighted by Gasteiger charge is -2.10. The number of aromatic nitrogens is 1. The quantitative estimate of drug-likeness (QED) is 0.836. The summed E-state index contributed by atoms with van der Waals surface area (Å²) >= 11 is 9.40. The van der Waals surface area contributed by atoms with Gasteiger partial charge in [-0.3, -0.25) is 0 Å². The standard InChI is InChI=1S/C14H14BrClN2O/c1-9-5-10(3-4-13(9)19-2)7-17-12-6-11(15)8-18-14(12)16/h3-6,8,17H,7H2,1-2H3. The highest BCUT2D eigenvalue weighted by atomic mass is 79.9. The van der Waals surface area contributed by atoms with Crippen molar-refractivity contribution in [2.45, 2.75) is 13.5 Å². The molecule has 0 saturated carbocycles. The van der Waals surface area contributed by atoms with Gasteiger partial charge in [0, 0.05) is 17.2 Å². The maximum atomic E-state index is 6.03. The topological polar surface area (TPSA) is 34.1 Å². The smallest absolute Gasteiger partial charge is 0.152 e. The third kappa shape index (κ3) is 3.61. The zero-order chi connectivity index (χ0) is 13.8. The SMILES string of the molecule is COc1ccc(CNc2cc(Br)cnc2Cl)cc1C. The number of nitrogens with zero attached hydrogens (tertiary/aromatic N) is 1. The van der Waals surface area contributed by atoms with Crippen LogP contribution in [0.1, 0.15) is 11.1 Å². The molecule has 2 rings (SSSR count). The normalized spacial score (nSPS) is 10.3. The maximum absolute atomic E-state index is 6.03.